The molecule has 1 aromatic carbocycles. The van der Waals surface area contributed by atoms with Crippen LogP contribution in [0, 0.1) is 6.92 Å². The molecule has 2 N–H and O–H groups in total. The first-order valence-corrected chi connectivity index (χ1v) is 7.99. The average molecular weight is 294 g/mol. The van der Waals surface area contributed by atoms with Crippen LogP contribution in [0.2, 0.25) is 0 Å². The number of aryl methyl sites for hydroxylation is 1. The quantitative estimate of drug-likeness (QED) is 0.711. The molecule has 21 heavy (non-hydrogen) atoms. The number of hydrogen-bond acceptors (Lipinski definition) is 2. The average Bonchev–Trinajstić information content (AvgIpc) is 2.40. The van der Waals surface area contributed by atoms with E-state index in [4.69, 9.17) is 9.47 Å². The molecule has 0 aliphatic heterocycles. The van der Waals surface area contributed by atoms with Crippen molar-refractivity contribution >= 4 is 0 Å². The molecule has 120 valence electrons. The van der Waals surface area contributed by atoms with Crippen molar-refractivity contribution in [1.82, 2.24) is 0 Å². The summed E-state index contributed by atoms with van der Waals surface area (Å²) in [4.78, 5) is 0. The van der Waals surface area contributed by atoms with Crippen molar-refractivity contribution in [1.29, 1.82) is 0 Å². The van der Waals surface area contributed by atoms with Gasteiger partial charge < -0.3 is 14.8 Å². The summed E-state index contributed by atoms with van der Waals surface area (Å²) in [5.74, 6) is 1.04. The van der Waals surface area contributed by atoms with Gasteiger partial charge in [0, 0.05) is 20.0 Å². The van der Waals surface area contributed by atoms with Gasteiger partial charge in [0.25, 0.3) is 0 Å². The second-order valence-corrected chi connectivity index (χ2v) is 6.66. The van der Waals surface area contributed by atoms with Crippen molar-refractivity contribution in [2.45, 2.75) is 46.0 Å². The van der Waals surface area contributed by atoms with E-state index >= 15 is 0 Å². The van der Waals surface area contributed by atoms with Gasteiger partial charge in [0.05, 0.1) is 26.3 Å². The van der Waals surface area contributed by atoms with Crippen LogP contribution in [0.5, 0.6) is 5.75 Å². The summed E-state index contributed by atoms with van der Waals surface area (Å²) in [6.07, 6.45) is 2.19. The summed E-state index contributed by atoms with van der Waals surface area (Å²) >= 11 is 0. The first-order valence-electron chi connectivity index (χ1n) is 7.99. The van der Waals surface area contributed by atoms with Crippen LogP contribution in [0.1, 0.15) is 44.7 Å². The smallest absolute Gasteiger partial charge is 0.123 e. The van der Waals surface area contributed by atoms with E-state index in [-0.39, 0.29) is 5.41 Å². The second kappa shape index (κ2) is 9.06. The third-order valence-electron chi connectivity index (χ3n) is 3.51. The van der Waals surface area contributed by atoms with E-state index in [0.717, 1.165) is 44.9 Å². The third-order valence-corrected chi connectivity index (χ3v) is 3.51. The number of ether oxygens (including phenoxy) is 2. The molecule has 0 aliphatic carbocycles. The SMILES string of the molecule is COCCC[NH2+]CCCOc1cc(C)ccc1C(C)(C)C. The monoisotopic (exact) mass is 294 g/mol. The van der Waals surface area contributed by atoms with Crippen molar-refractivity contribution < 1.29 is 14.8 Å². The Kier molecular flexibility index (Phi) is 7.76. The zero-order valence-electron chi connectivity index (χ0n) is 14.4. The zero-order chi connectivity index (χ0) is 15.7. The van der Waals surface area contributed by atoms with Crippen LogP contribution in [-0.2, 0) is 10.2 Å². The summed E-state index contributed by atoms with van der Waals surface area (Å²) < 4.78 is 11.1. The fourth-order valence-corrected chi connectivity index (χ4v) is 2.29. The first kappa shape index (κ1) is 18.0. The van der Waals surface area contributed by atoms with Gasteiger partial charge in [0.15, 0.2) is 0 Å². The molecular weight excluding hydrogens is 262 g/mol. The summed E-state index contributed by atoms with van der Waals surface area (Å²) in [5, 5.41) is 2.34. The van der Waals surface area contributed by atoms with Gasteiger partial charge in [-0.1, -0.05) is 32.9 Å². The molecule has 0 atom stereocenters. The van der Waals surface area contributed by atoms with E-state index in [9.17, 15) is 0 Å². The van der Waals surface area contributed by atoms with Gasteiger partial charge in [-0.3, -0.25) is 0 Å². The Balaban J connectivity index is 2.36. The lowest BCUT2D eigenvalue weighted by molar-refractivity contribution is -0.655. The molecule has 0 spiro atoms. The molecular formula is C18H32NO2+. The maximum atomic E-state index is 6.03. The van der Waals surface area contributed by atoms with Crippen LogP contribution >= 0.6 is 0 Å². The number of hydrogen-bond donors (Lipinski definition) is 1. The molecule has 3 heteroatoms. The Labute approximate surface area is 130 Å². The van der Waals surface area contributed by atoms with Gasteiger partial charge in [-0.15, -0.1) is 0 Å². The molecule has 0 radical (unpaired) electrons. The van der Waals surface area contributed by atoms with Crippen LogP contribution in [0.4, 0.5) is 0 Å². The van der Waals surface area contributed by atoms with E-state index in [1.54, 1.807) is 7.11 Å². The van der Waals surface area contributed by atoms with Gasteiger partial charge in [-0.25, -0.2) is 0 Å². The van der Waals surface area contributed by atoms with Gasteiger partial charge in [0.1, 0.15) is 5.75 Å². The highest BCUT2D eigenvalue weighted by Gasteiger charge is 2.18. The Morgan fingerprint density at radius 1 is 1.05 bits per heavy atom. The van der Waals surface area contributed by atoms with Crippen LogP contribution in [0.3, 0.4) is 0 Å². The number of methoxy groups -OCH3 is 1. The fourth-order valence-electron chi connectivity index (χ4n) is 2.29. The second-order valence-electron chi connectivity index (χ2n) is 6.66. The number of rotatable bonds is 9. The molecule has 1 aromatic rings. The van der Waals surface area contributed by atoms with Crippen LogP contribution in [0.25, 0.3) is 0 Å². The maximum absolute atomic E-state index is 6.03. The standard InChI is InChI=1S/C18H31NO2/c1-15-8-9-16(18(2,3)4)17(14-15)21-13-7-11-19-10-6-12-20-5/h8-9,14,19H,6-7,10-13H2,1-5H3/p+1. The molecule has 0 saturated carbocycles. The first-order chi connectivity index (χ1) is 9.95. The fraction of sp³-hybridized carbons (Fsp3) is 0.667. The minimum absolute atomic E-state index is 0.120. The maximum Gasteiger partial charge on any atom is 0.123 e. The van der Waals surface area contributed by atoms with Gasteiger partial charge in [0.2, 0.25) is 0 Å². The molecule has 1 rings (SSSR count). The Hall–Kier alpha value is -1.06. The largest absolute Gasteiger partial charge is 0.493 e. The molecule has 0 bridgehead atoms. The summed E-state index contributed by atoms with van der Waals surface area (Å²) in [7, 11) is 1.75. The van der Waals surface area contributed by atoms with Gasteiger partial charge in [-0.2, -0.15) is 0 Å². The van der Waals surface area contributed by atoms with Gasteiger partial charge >= 0.3 is 0 Å². The highest BCUT2D eigenvalue weighted by molar-refractivity contribution is 5.41. The minimum atomic E-state index is 0.120. The minimum Gasteiger partial charge on any atom is -0.493 e. The van der Waals surface area contributed by atoms with Crippen LogP contribution in [0.15, 0.2) is 18.2 Å². The lowest BCUT2D eigenvalue weighted by Gasteiger charge is -2.23. The van der Waals surface area contributed by atoms with Crippen LogP contribution in [-0.4, -0.2) is 33.4 Å². The Morgan fingerprint density at radius 2 is 1.71 bits per heavy atom. The Bertz CT molecular complexity index is 410. The number of nitrogens with two attached hydrogens (primary N) is 1. The molecule has 3 nitrogen and oxygen atoms in total. The number of quaternary nitrogens is 1. The van der Waals surface area contributed by atoms with Crippen molar-refractivity contribution in [3.8, 4) is 5.75 Å². The topological polar surface area (TPSA) is 35.1 Å². The molecule has 0 saturated heterocycles. The molecule has 0 heterocycles. The van der Waals surface area contributed by atoms with Gasteiger partial charge in [-0.05, 0) is 29.5 Å². The Morgan fingerprint density at radius 3 is 2.33 bits per heavy atom. The van der Waals surface area contributed by atoms with E-state index in [1.165, 1.54) is 11.1 Å². The normalized spacial score (nSPS) is 11.7. The molecule has 0 aromatic heterocycles. The molecule has 0 unspecified atom stereocenters. The lowest BCUT2D eigenvalue weighted by Crippen LogP contribution is -2.84. The zero-order valence-corrected chi connectivity index (χ0v) is 14.4. The van der Waals surface area contributed by atoms with Crippen molar-refractivity contribution in [3.63, 3.8) is 0 Å². The number of benzene rings is 1. The van der Waals surface area contributed by atoms with E-state index in [1.807, 2.05) is 0 Å². The summed E-state index contributed by atoms with van der Waals surface area (Å²) in [6, 6.07) is 6.52. The molecule has 0 fully saturated rings. The lowest BCUT2D eigenvalue weighted by atomic mass is 9.86. The third kappa shape index (κ3) is 6.96. The predicted octanol–water partition coefficient (Wildman–Crippen LogP) is 2.66. The van der Waals surface area contributed by atoms with Crippen molar-refractivity contribution in [2.75, 3.05) is 33.4 Å². The van der Waals surface area contributed by atoms with Crippen molar-refractivity contribution in [2.24, 2.45) is 0 Å². The van der Waals surface area contributed by atoms with Crippen LogP contribution < -0.4 is 10.1 Å². The van der Waals surface area contributed by atoms with E-state index in [0.29, 0.717) is 0 Å². The highest BCUT2D eigenvalue weighted by Crippen LogP contribution is 2.32. The highest BCUT2D eigenvalue weighted by atomic mass is 16.5. The molecule has 0 amide bonds. The molecule has 0 aliphatic rings. The van der Waals surface area contributed by atoms with Crippen molar-refractivity contribution in [3.05, 3.63) is 29.3 Å². The summed E-state index contributed by atoms with van der Waals surface area (Å²) in [6.45, 7) is 12.7. The summed E-state index contributed by atoms with van der Waals surface area (Å²) in [5.41, 5.74) is 2.66. The predicted molar refractivity (Wildman–Crippen MR) is 88.1 cm³/mol. The van der Waals surface area contributed by atoms with E-state index < -0.39 is 0 Å². The van der Waals surface area contributed by atoms with E-state index in [2.05, 4.69) is 51.2 Å².